The Morgan fingerprint density at radius 1 is 0.759 bits per heavy atom. The fourth-order valence-electron chi connectivity index (χ4n) is 4.81. The van der Waals surface area contributed by atoms with Gasteiger partial charge >= 0.3 is 0 Å². The molecule has 3 nitrogen and oxygen atoms in total. The van der Waals surface area contributed by atoms with Gasteiger partial charge < -0.3 is 0 Å². The Hall–Kier alpha value is -2.64. The average molecular weight is 404 g/mol. The van der Waals surface area contributed by atoms with Crippen LogP contribution in [0.4, 0.5) is 5.69 Å². The van der Waals surface area contributed by atoms with Crippen molar-refractivity contribution in [2.24, 2.45) is 0 Å². The van der Waals surface area contributed by atoms with E-state index in [4.69, 9.17) is 0 Å². The molecule has 0 saturated heterocycles. The van der Waals surface area contributed by atoms with Crippen molar-refractivity contribution >= 4 is 25.6 Å². The first kappa shape index (κ1) is 21.1. The van der Waals surface area contributed by atoms with Gasteiger partial charge in [-0.15, -0.1) is 5.54 Å². The average Bonchev–Trinajstić information content (AvgIpc) is 2.93. The summed E-state index contributed by atoms with van der Waals surface area (Å²) in [6.07, 6.45) is 0. The van der Waals surface area contributed by atoms with Crippen molar-refractivity contribution in [1.82, 2.24) is 0 Å². The second-order valence-electron chi connectivity index (χ2n) is 8.66. The maximum atomic E-state index is 13.2. The molecule has 2 aromatic carbocycles. The molecular formula is C25H29NO2Si. The van der Waals surface area contributed by atoms with E-state index in [9.17, 15) is 9.59 Å². The van der Waals surface area contributed by atoms with Crippen molar-refractivity contribution in [2.45, 2.75) is 58.2 Å². The number of amides is 2. The molecular weight excluding hydrogens is 374 g/mol. The zero-order valence-electron chi connectivity index (χ0n) is 18.1. The molecule has 3 rings (SSSR count). The molecule has 0 radical (unpaired) electrons. The summed E-state index contributed by atoms with van der Waals surface area (Å²) in [4.78, 5) is 27.4. The number of benzene rings is 2. The lowest BCUT2D eigenvalue weighted by atomic mass is 10.0. The molecule has 29 heavy (non-hydrogen) atoms. The molecule has 0 fully saturated rings. The number of para-hydroxylation sites is 1. The molecule has 1 heterocycles. The molecule has 0 aliphatic carbocycles. The molecule has 1 aliphatic rings. The molecule has 2 amide bonds. The third-order valence-corrected chi connectivity index (χ3v) is 12.5. The van der Waals surface area contributed by atoms with Gasteiger partial charge in [0.05, 0.1) is 16.8 Å². The highest BCUT2D eigenvalue weighted by Crippen LogP contribution is 2.41. The normalized spacial score (nSPS) is 13.9. The van der Waals surface area contributed by atoms with Crippen LogP contribution in [-0.2, 0) is 0 Å². The quantitative estimate of drug-likeness (QED) is 0.354. The predicted octanol–water partition coefficient (Wildman–Crippen LogP) is 6.06. The minimum absolute atomic E-state index is 0.278. The first-order valence-corrected chi connectivity index (χ1v) is 12.5. The predicted molar refractivity (Wildman–Crippen MR) is 122 cm³/mol. The number of hydrogen-bond acceptors (Lipinski definition) is 2. The van der Waals surface area contributed by atoms with Crippen molar-refractivity contribution in [2.75, 3.05) is 4.90 Å². The number of carbonyl (C=O) groups is 2. The number of hydrogen-bond donors (Lipinski definition) is 0. The molecule has 0 bridgehead atoms. The van der Waals surface area contributed by atoms with Crippen molar-refractivity contribution in [3.05, 3.63) is 65.2 Å². The van der Waals surface area contributed by atoms with E-state index in [1.54, 1.807) is 18.2 Å². The molecule has 4 heteroatoms. The third kappa shape index (κ3) is 3.45. The molecule has 0 unspecified atom stereocenters. The Balaban J connectivity index is 2.11. The summed E-state index contributed by atoms with van der Waals surface area (Å²) in [5.41, 5.74) is 7.32. The van der Waals surface area contributed by atoms with E-state index < -0.39 is 8.07 Å². The van der Waals surface area contributed by atoms with E-state index in [1.807, 2.05) is 30.3 Å². The van der Waals surface area contributed by atoms with E-state index in [1.165, 1.54) is 4.90 Å². The maximum Gasteiger partial charge on any atom is 0.267 e. The Labute approximate surface area is 175 Å². The fourth-order valence-corrected chi connectivity index (χ4v) is 10.0. The first-order chi connectivity index (χ1) is 13.7. The molecule has 0 saturated carbocycles. The fraction of sp³-hybridized carbons (Fsp3) is 0.360. The van der Waals surface area contributed by atoms with Gasteiger partial charge in [-0.25, -0.2) is 4.90 Å². The highest BCUT2D eigenvalue weighted by atomic mass is 28.3. The summed E-state index contributed by atoms with van der Waals surface area (Å²) in [6.45, 7) is 13.6. The Morgan fingerprint density at radius 2 is 1.34 bits per heavy atom. The van der Waals surface area contributed by atoms with Crippen molar-refractivity contribution in [3.63, 3.8) is 0 Å². The van der Waals surface area contributed by atoms with Crippen molar-refractivity contribution in [3.8, 4) is 11.5 Å². The number of carbonyl (C=O) groups excluding carboxylic acids is 2. The van der Waals surface area contributed by atoms with Crippen LogP contribution in [-0.4, -0.2) is 19.9 Å². The van der Waals surface area contributed by atoms with Gasteiger partial charge in [0, 0.05) is 5.56 Å². The van der Waals surface area contributed by atoms with Gasteiger partial charge in [0.2, 0.25) is 0 Å². The lowest BCUT2D eigenvalue weighted by Crippen LogP contribution is -2.43. The van der Waals surface area contributed by atoms with Crippen LogP contribution in [0, 0.1) is 11.5 Å². The minimum atomic E-state index is -1.93. The lowest BCUT2D eigenvalue weighted by Gasteiger charge is -2.38. The number of anilines is 1. The van der Waals surface area contributed by atoms with Crippen LogP contribution in [0.1, 0.15) is 67.8 Å². The monoisotopic (exact) mass is 403 g/mol. The highest BCUT2D eigenvalue weighted by Gasteiger charge is 2.42. The second-order valence-corrected chi connectivity index (χ2v) is 14.2. The molecule has 0 spiro atoms. The maximum absolute atomic E-state index is 13.2. The van der Waals surface area contributed by atoms with Gasteiger partial charge in [-0.2, -0.15) is 0 Å². The van der Waals surface area contributed by atoms with Crippen molar-refractivity contribution in [1.29, 1.82) is 0 Å². The Kier molecular flexibility index (Phi) is 5.82. The van der Waals surface area contributed by atoms with Crippen LogP contribution in [0.25, 0.3) is 0 Å². The smallest absolute Gasteiger partial charge is 0.267 e. The number of fused-ring (bicyclic) bond motifs is 1. The SMILES string of the molecule is CC(C)[Si](C#Cc1cccc2c1C(=O)N(c1ccccc1)C2=O)(C(C)C)C(C)C. The molecule has 0 aromatic heterocycles. The Bertz CT molecular complexity index is 975. The first-order valence-electron chi connectivity index (χ1n) is 10.3. The Morgan fingerprint density at radius 3 is 1.90 bits per heavy atom. The van der Waals surface area contributed by atoms with Gasteiger partial charge in [0.25, 0.3) is 11.8 Å². The van der Waals surface area contributed by atoms with E-state index in [0.717, 1.165) is 0 Å². The van der Waals surface area contributed by atoms with Gasteiger partial charge in [0.1, 0.15) is 8.07 Å². The summed E-state index contributed by atoms with van der Waals surface area (Å²) < 4.78 is 0. The van der Waals surface area contributed by atoms with Gasteiger partial charge in [-0.1, -0.05) is 71.7 Å². The number of nitrogens with zero attached hydrogens (tertiary/aromatic N) is 1. The summed E-state index contributed by atoms with van der Waals surface area (Å²) in [6, 6.07) is 14.5. The molecule has 150 valence electrons. The van der Waals surface area contributed by atoms with Gasteiger partial charge in [0.15, 0.2) is 0 Å². The largest absolute Gasteiger partial charge is 0.268 e. The topological polar surface area (TPSA) is 37.4 Å². The van der Waals surface area contributed by atoms with Crippen molar-refractivity contribution < 1.29 is 9.59 Å². The van der Waals surface area contributed by atoms with E-state index in [2.05, 4.69) is 53.0 Å². The third-order valence-electron chi connectivity index (χ3n) is 6.21. The molecule has 0 atom stereocenters. The summed E-state index contributed by atoms with van der Waals surface area (Å²) in [5.74, 6) is 2.80. The van der Waals surface area contributed by atoms with Crippen LogP contribution in [0.2, 0.25) is 16.6 Å². The van der Waals surface area contributed by atoms with E-state index >= 15 is 0 Å². The summed E-state index contributed by atoms with van der Waals surface area (Å²) >= 11 is 0. The standard InChI is InChI=1S/C25H29NO2Si/c1-17(2)29(18(3)4,19(5)6)16-15-20-11-10-14-22-23(20)25(28)26(24(22)27)21-12-8-7-9-13-21/h7-14,17-19H,1-6H3. The zero-order valence-corrected chi connectivity index (χ0v) is 19.1. The highest BCUT2D eigenvalue weighted by molar-refractivity contribution is 6.90. The van der Waals surface area contributed by atoms with Crippen LogP contribution in [0.15, 0.2) is 48.5 Å². The van der Waals surface area contributed by atoms with Crippen LogP contribution >= 0.6 is 0 Å². The lowest BCUT2D eigenvalue weighted by molar-refractivity contribution is 0.0926. The second kappa shape index (κ2) is 8.00. The molecule has 2 aromatic rings. The van der Waals surface area contributed by atoms with Crippen LogP contribution in [0.3, 0.4) is 0 Å². The molecule has 0 N–H and O–H groups in total. The minimum Gasteiger partial charge on any atom is -0.268 e. The molecule has 1 aliphatic heterocycles. The zero-order chi connectivity index (χ0) is 21.3. The van der Waals surface area contributed by atoms with E-state index in [0.29, 0.717) is 39.0 Å². The summed E-state index contributed by atoms with van der Waals surface area (Å²) in [5, 5.41) is 0. The summed E-state index contributed by atoms with van der Waals surface area (Å²) in [7, 11) is -1.93. The van der Waals surface area contributed by atoms with E-state index in [-0.39, 0.29) is 11.8 Å². The van der Waals surface area contributed by atoms with Crippen LogP contribution < -0.4 is 4.90 Å². The number of imide groups is 1. The van der Waals surface area contributed by atoms with Gasteiger partial charge in [-0.05, 0) is 40.9 Å². The number of rotatable bonds is 4. The van der Waals surface area contributed by atoms with Crippen LogP contribution in [0.5, 0.6) is 0 Å². The van der Waals surface area contributed by atoms with Gasteiger partial charge in [-0.3, -0.25) is 9.59 Å².